The molecule has 0 aliphatic heterocycles. The van der Waals surface area contributed by atoms with E-state index < -0.39 is 79.4 Å². The molecule has 0 spiro atoms. The number of carbonyl (C=O) groups is 4. The highest BCUT2D eigenvalue weighted by atomic mass is 16.6. The lowest BCUT2D eigenvalue weighted by molar-refractivity contribution is -0.171. The second kappa shape index (κ2) is 25.5. The molecular weight excluding hydrogens is 1060 g/mol. The van der Waals surface area contributed by atoms with Crippen LogP contribution in [0.25, 0.3) is 43.6 Å². The molecule has 4 heterocycles. The first-order valence-electron chi connectivity index (χ1n) is 28.8. The van der Waals surface area contributed by atoms with Crippen molar-refractivity contribution in [3.63, 3.8) is 0 Å². The van der Waals surface area contributed by atoms with Crippen LogP contribution in [0.15, 0.2) is 243 Å². The standard InChI is InChI=1S/C73H64N4O8/c78-69(41-57(49-21-5-1-6-22-49)65-37-53-29-13-17-33-61(53)74-65)82-45-73(46-83-70(79)42-58(50-23-7-2-8-24-50)66-38-54-30-14-18-34-62(54)75-66,47-84-71(80)43-59(51-25-9-3-10-26-51)67-39-55-31-15-19-35-63(55)76-67)48-85-72(81)44-60(52-27-11-4-12-28-52)68-40-56-32-16-20-36-64(56)77-68/h1-40,57-60,74-77H,41-48H2. The number of hydrogen-bond acceptors (Lipinski definition) is 8. The van der Waals surface area contributed by atoms with Crippen molar-refractivity contribution in [1.29, 1.82) is 0 Å². The van der Waals surface area contributed by atoms with E-state index in [0.717, 1.165) is 88.6 Å². The van der Waals surface area contributed by atoms with Gasteiger partial charge in [0.2, 0.25) is 0 Å². The minimum absolute atomic E-state index is 0.0813. The number of esters is 4. The van der Waals surface area contributed by atoms with Gasteiger partial charge in [-0.05, 0) is 92.3 Å². The van der Waals surface area contributed by atoms with Crippen molar-refractivity contribution < 1.29 is 38.1 Å². The van der Waals surface area contributed by atoms with E-state index in [2.05, 4.69) is 19.9 Å². The number of benzene rings is 8. The van der Waals surface area contributed by atoms with Crippen LogP contribution in [-0.2, 0) is 38.1 Å². The van der Waals surface area contributed by atoms with Crippen LogP contribution in [-0.4, -0.2) is 70.2 Å². The summed E-state index contributed by atoms with van der Waals surface area (Å²) in [5, 5.41) is 3.98. The fourth-order valence-electron chi connectivity index (χ4n) is 11.6. The molecule has 4 N–H and O–H groups in total. The van der Waals surface area contributed by atoms with Gasteiger partial charge in [0, 0.05) is 68.5 Å². The van der Waals surface area contributed by atoms with E-state index in [4.69, 9.17) is 18.9 Å². The molecule has 424 valence electrons. The van der Waals surface area contributed by atoms with E-state index in [1.807, 2.05) is 243 Å². The maximum Gasteiger partial charge on any atom is 0.306 e. The molecule has 0 aliphatic carbocycles. The second-order valence-corrected chi connectivity index (χ2v) is 22.1. The monoisotopic (exact) mass is 1120 g/mol. The van der Waals surface area contributed by atoms with Gasteiger partial charge in [0.1, 0.15) is 31.8 Å². The Hall–Kier alpha value is -10.2. The molecule has 12 nitrogen and oxygen atoms in total. The molecular formula is C73H64N4O8. The van der Waals surface area contributed by atoms with E-state index >= 15 is 0 Å². The second-order valence-electron chi connectivity index (χ2n) is 22.1. The molecule has 0 saturated carbocycles. The largest absolute Gasteiger partial charge is 0.465 e. The Morgan fingerprint density at radius 2 is 0.482 bits per heavy atom. The van der Waals surface area contributed by atoms with Crippen molar-refractivity contribution >= 4 is 67.5 Å². The molecule has 0 amide bonds. The summed E-state index contributed by atoms with van der Waals surface area (Å²) in [6.45, 7) is -1.81. The Bertz CT molecular complexity index is 3540. The van der Waals surface area contributed by atoms with E-state index in [0.29, 0.717) is 0 Å². The van der Waals surface area contributed by atoms with Crippen LogP contribution in [0.4, 0.5) is 0 Å². The third-order valence-electron chi connectivity index (χ3n) is 16.2. The summed E-state index contributed by atoms with van der Waals surface area (Å²) in [5.41, 5.74) is 8.93. The van der Waals surface area contributed by atoms with Crippen LogP contribution < -0.4 is 0 Å². The predicted molar refractivity (Wildman–Crippen MR) is 331 cm³/mol. The van der Waals surface area contributed by atoms with Crippen LogP contribution >= 0.6 is 0 Å². The number of carbonyl (C=O) groups excluding carboxylic acids is 4. The molecule has 4 atom stereocenters. The van der Waals surface area contributed by atoms with E-state index in [-0.39, 0.29) is 25.7 Å². The SMILES string of the molecule is O=C(CC(c1ccccc1)c1cc2ccccc2[nH]1)OCC(COC(=O)CC(c1ccccc1)c1cc2ccccc2[nH]1)(COC(=O)CC(c1ccccc1)c1cc2ccccc2[nH]1)COC(=O)CC(c1ccccc1)c1cc2ccccc2[nH]1. The van der Waals surface area contributed by atoms with Gasteiger partial charge in [0.05, 0.1) is 25.7 Å². The summed E-state index contributed by atoms with van der Waals surface area (Å²) in [5.74, 6) is -4.07. The molecule has 12 aromatic rings. The molecule has 0 aliphatic rings. The quantitative estimate of drug-likeness (QED) is 0.0342. The van der Waals surface area contributed by atoms with Crippen molar-refractivity contribution in [2.24, 2.45) is 5.41 Å². The van der Waals surface area contributed by atoms with Crippen LogP contribution in [0.2, 0.25) is 0 Å². The molecule has 4 unspecified atom stereocenters. The van der Waals surface area contributed by atoms with Crippen molar-refractivity contribution in [3.05, 3.63) is 288 Å². The van der Waals surface area contributed by atoms with E-state index in [1.165, 1.54) is 0 Å². The fraction of sp³-hybridized carbons (Fsp3) is 0.178. The summed E-state index contributed by atoms with van der Waals surface area (Å²) in [6, 6.07) is 78.8. The third-order valence-corrected chi connectivity index (χ3v) is 16.2. The van der Waals surface area contributed by atoms with Gasteiger partial charge >= 0.3 is 23.9 Å². The van der Waals surface area contributed by atoms with Gasteiger partial charge < -0.3 is 38.9 Å². The van der Waals surface area contributed by atoms with Gasteiger partial charge in [-0.1, -0.05) is 194 Å². The van der Waals surface area contributed by atoms with Crippen LogP contribution in [0.1, 0.15) is 94.4 Å². The van der Waals surface area contributed by atoms with Gasteiger partial charge in [0.15, 0.2) is 0 Å². The summed E-state index contributed by atoms with van der Waals surface area (Å²) in [4.78, 5) is 72.9. The zero-order valence-electron chi connectivity index (χ0n) is 46.8. The van der Waals surface area contributed by atoms with Gasteiger partial charge in [-0.3, -0.25) is 19.2 Å². The van der Waals surface area contributed by atoms with Gasteiger partial charge in [-0.2, -0.15) is 0 Å². The number of aromatic amines is 4. The van der Waals surface area contributed by atoms with Crippen molar-refractivity contribution in [1.82, 2.24) is 19.9 Å². The molecule has 8 aromatic carbocycles. The topological polar surface area (TPSA) is 168 Å². The number of aromatic nitrogens is 4. The molecule has 0 bridgehead atoms. The summed E-state index contributed by atoms with van der Waals surface area (Å²) < 4.78 is 25.5. The average molecular weight is 1130 g/mol. The summed E-state index contributed by atoms with van der Waals surface area (Å²) >= 11 is 0. The highest BCUT2D eigenvalue weighted by molar-refractivity contribution is 5.84. The molecule has 0 fully saturated rings. The maximum atomic E-state index is 14.7. The first-order chi connectivity index (χ1) is 41.7. The molecule has 12 rings (SSSR count). The Kier molecular flexibility index (Phi) is 16.6. The fourth-order valence-corrected chi connectivity index (χ4v) is 11.6. The summed E-state index contributed by atoms with van der Waals surface area (Å²) in [6.07, 6.45) is -0.325. The highest BCUT2D eigenvalue weighted by Crippen LogP contribution is 2.36. The minimum atomic E-state index is -1.62. The molecule has 4 aromatic heterocycles. The third kappa shape index (κ3) is 13.2. The lowest BCUT2D eigenvalue weighted by atomic mass is 9.90. The minimum Gasteiger partial charge on any atom is -0.465 e. The Balaban J connectivity index is 0.876. The number of rotatable bonds is 24. The Morgan fingerprint density at radius 3 is 0.694 bits per heavy atom. The van der Waals surface area contributed by atoms with Crippen molar-refractivity contribution in [2.45, 2.75) is 49.4 Å². The zero-order valence-corrected chi connectivity index (χ0v) is 46.8. The predicted octanol–water partition coefficient (Wildman–Crippen LogP) is 15.0. The van der Waals surface area contributed by atoms with Crippen LogP contribution in [0.5, 0.6) is 0 Å². The maximum absolute atomic E-state index is 14.7. The first kappa shape index (κ1) is 55.3. The van der Waals surface area contributed by atoms with Gasteiger partial charge in [0.25, 0.3) is 0 Å². The van der Waals surface area contributed by atoms with Crippen molar-refractivity contribution in [3.8, 4) is 0 Å². The number of H-pyrrole nitrogens is 4. The lowest BCUT2D eigenvalue weighted by Crippen LogP contribution is -2.44. The van der Waals surface area contributed by atoms with Gasteiger partial charge in [-0.15, -0.1) is 0 Å². The molecule has 0 saturated heterocycles. The van der Waals surface area contributed by atoms with Crippen LogP contribution in [0.3, 0.4) is 0 Å². The smallest absolute Gasteiger partial charge is 0.306 e. The lowest BCUT2D eigenvalue weighted by Gasteiger charge is -2.32. The number of para-hydroxylation sites is 4. The summed E-state index contributed by atoms with van der Waals surface area (Å²) in [7, 11) is 0. The first-order valence-corrected chi connectivity index (χ1v) is 28.8. The number of nitrogens with one attached hydrogen (secondary N) is 4. The number of ether oxygens (including phenoxy) is 4. The molecule has 12 heteroatoms. The molecule has 85 heavy (non-hydrogen) atoms. The zero-order chi connectivity index (χ0) is 58.0. The highest BCUT2D eigenvalue weighted by Gasteiger charge is 2.40. The van der Waals surface area contributed by atoms with E-state index in [1.54, 1.807) is 0 Å². The van der Waals surface area contributed by atoms with Crippen LogP contribution in [0, 0.1) is 5.41 Å². The average Bonchev–Trinajstić information content (AvgIpc) is 4.15. The number of fused-ring (bicyclic) bond motifs is 4. The van der Waals surface area contributed by atoms with Gasteiger partial charge in [-0.25, -0.2) is 0 Å². The number of hydrogen-bond donors (Lipinski definition) is 4. The Morgan fingerprint density at radius 1 is 0.282 bits per heavy atom. The molecule has 0 radical (unpaired) electrons. The van der Waals surface area contributed by atoms with E-state index in [9.17, 15) is 19.2 Å². The Labute approximate surface area is 492 Å². The normalized spacial score (nSPS) is 13.6. The van der Waals surface area contributed by atoms with Crippen molar-refractivity contribution in [2.75, 3.05) is 26.4 Å².